The van der Waals surface area contributed by atoms with Crippen molar-refractivity contribution in [2.45, 2.75) is 44.6 Å². The number of halogens is 1. The number of rotatable bonds is 4. The van der Waals surface area contributed by atoms with Gasteiger partial charge < -0.3 is 10.2 Å². The van der Waals surface area contributed by atoms with Crippen LogP contribution >= 0.6 is 33.9 Å². The van der Waals surface area contributed by atoms with Crippen LogP contribution in [0.4, 0.5) is 0 Å². The van der Waals surface area contributed by atoms with Gasteiger partial charge in [0.2, 0.25) is 5.91 Å². The summed E-state index contributed by atoms with van der Waals surface area (Å²) in [5.74, 6) is 0.325. The van der Waals surface area contributed by atoms with Crippen LogP contribution in [0.1, 0.15) is 48.6 Å². The molecule has 3 rings (SSSR count). The van der Waals surface area contributed by atoms with E-state index in [1.165, 1.54) is 40.6 Å². The number of nitrogens with one attached hydrogen (secondary N) is 1. The Kier molecular flexibility index (Phi) is 4.99. The van der Waals surface area contributed by atoms with Crippen LogP contribution in [0.2, 0.25) is 0 Å². The summed E-state index contributed by atoms with van der Waals surface area (Å²) in [6.45, 7) is 2.75. The van der Waals surface area contributed by atoms with Crippen molar-refractivity contribution in [2.24, 2.45) is 0 Å². The molecular weight excluding hydrogens is 383 g/mol. The van der Waals surface area contributed by atoms with Crippen LogP contribution in [0, 0.1) is 2.88 Å². The van der Waals surface area contributed by atoms with Gasteiger partial charge in [0.25, 0.3) is 0 Å². The number of likely N-dealkylation sites (tertiary alicyclic amines) is 1. The molecule has 0 aromatic carbocycles. The molecule has 5 heteroatoms. The van der Waals surface area contributed by atoms with E-state index in [9.17, 15) is 4.79 Å². The Hall–Kier alpha value is -0.140. The van der Waals surface area contributed by atoms with E-state index < -0.39 is 0 Å². The maximum atomic E-state index is 12.0. The molecule has 2 heterocycles. The lowest BCUT2D eigenvalue weighted by atomic mass is 9.94. The zero-order chi connectivity index (χ0) is 13.9. The summed E-state index contributed by atoms with van der Waals surface area (Å²) in [4.78, 5) is 15.6. The molecule has 1 aliphatic carbocycles. The summed E-state index contributed by atoms with van der Waals surface area (Å²) in [6, 6.07) is 2.78. The minimum atomic E-state index is 0.325. The predicted octanol–water partition coefficient (Wildman–Crippen LogP) is 3.33. The van der Waals surface area contributed by atoms with E-state index in [1.807, 2.05) is 16.2 Å². The van der Waals surface area contributed by atoms with E-state index in [-0.39, 0.29) is 0 Å². The molecule has 3 nitrogen and oxygen atoms in total. The third-order valence-electron chi connectivity index (χ3n) is 4.27. The van der Waals surface area contributed by atoms with Crippen LogP contribution in [0.15, 0.2) is 6.07 Å². The SMILES string of the molecule is O=C(CCNC1CCCc2sc(I)cc21)N1CCCC1. The lowest BCUT2D eigenvalue weighted by Gasteiger charge is -2.24. The molecule has 1 unspecified atom stereocenters. The van der Waals surface area contributed by atoms with E-state index in [1.54, 1.807) is 4.88 Å². The highest BCUT2D eigenvalue weighted by atomic mass is 127. The molecule has 0 spiro atoms. The van der Waals surface area contributed by atoms with Gasteiger partial charge in [0, 0.05) is 37.0 Å². The van der Waals surface area contributed by atoms with Crippen LogP contribution < -0.4 is 5.32 Å². The van der Waals surface area contributed by atoms with Crippen molar-refractivity contribution < 1.29 is 4.79 Å². The first-order chi connectivity index (χ1) is 9.74. The van der Waals surface area contributed by atoms with Gasteiger partial charge in [-0.15, -0.1) is 11.3 Å². The Morgan fingerprint density at radius 2 is 2.20 bits per heavy atom. The van der Waals surface area contributed by atoms with Crippen LogP contribution in [0.5, 0.6) is 0 Å². The van der Waals surface area contributed by atoms with E-state index >= 15 is 0 Å². The first-order valence-corrected chi connectivity index (χ1v) is 9.43. The van der Waals surface area contributed by atoms with Crippen molar-refractivity contribution in [1.82, 2.24) is 10.2 Å². The molecular formula is C15H21IN2OS. The number of carbonyl (C=O) groups excluding carboxylic acids is 1. The molecule has 1 atom stereocenters. The van der Waals surface area contributed by atoms with Gasteiger partial charge in [-0.3, -0.25) is 4.79 Å². The highest BCUT2D eigenvalue weighted by Gasteiger charge is 2.23. The van der Waals surface area contributed by atoms with Gasteiger partial charge in [0.15, 0.2) is 0 Å². The van der Waals surface area contributed by atoms with Crippen LogP contribution in [0.3, 0.4) is 0 Å². The van der Waals surface area contributed by atoms with Gasteiger partial charge in [0.1, 0.15) is 0 Å². The van der Waals surface area contributed by atoms with E-state index in [0.29, 0.717) is 18.4 Å². The van der Waals surface area contributed by atoms with E-state index in [4.69, 9.17) is 0 Å². The molecule has 1 amide bonds. The Balaban J connectivity index is 1.50. The topological polar surface area (TPSA) is 32.3 Å². The normalized spacial score (nSPS) is 22.1. The third-order valence-corrected chi connectivity index (χ3v) is 6.24. The highest BCUT2D eigenvalue weighted by Crippen LogP contribution is 2.36. The van der Waals surface area contributed by atoms with Crippen molar-refractivity contribution in [3.63, 3.8) is 0 Å². The Bertz CT molecular complexity index is 482. The van der Waals surface area contributed by atoms with Gasteiger partial charge in [-0.25, -0.2) is 0 Å². The second kappa shape index (κ2) is 6.75. The molecule has 110 valence electrons. The minimum absolute atomic E-state index is 0.325. The molecule has 1 N–H and O–H groups in total. The maximum Gasteiger partial charge on any atom is 0.223 e. The average molecular weight is 404 g/mol. The predicted molar refractivity (Wildman–Crippen MR) is 91.1 cm³/mol. The fraction of sp³-hybridized carbons (Fsp3) is 0.667. The highest BCUT2D eigenvalue weighted by molar-refractivity contribution is 14.1. The van der Waals surface area contributed by atoms with E-state index in [2.05, 4.69) is 34.0 Å². The first kappa shape index (κ1) is 14.8. The van der Waals surface area contributed by atoms with Crippen LogP contribution in [-0.4, -0.2) is 30.4 Å². The van der Waals surface area contributed by atoms with Crippen molar-refractivity contribution in [2.75, 3.05) is 19.6 Å². The summed E-state index contributed by atoms with van der Waals surface area (Å²) in [5, 5.41) is 3.60. The van der Waals surface area contributed by atoms with E-state index in [0.717, 1.165) is 19.6 Å². The zero-order valence-electron chi connectivity index (χ0n) is 11.7. The molecule has 1 aliphatic heterocycles. The van der Waals surface area contributed by atoms with Gasteiger partial charge in [-0.1, -0.05) is 0 Å². The molecule has 1 aromatic rings. The van der Waals surface area contributed by atoms with Gasteiger partial charge in [0.05, 0.1) is 2.88 Å². The fourth-order valence-corrected chi connectivity index (χ4v) is 5.33. The number of carbonyl (C=O) groups is 1. The number of fused-ring (bicyclic) bond motifs is 1. The van der Waals surface area contributed by atoms with Gasteiger partial charge in [-0.05, 0) is 66.3 Å². The Morgan fingerprint density at radius 3 is 3.00 bits per heavy atom. The molecule has 2 aliphatic rings. The van der Waals surface area contributed by atoms with Crippen molar-refractivity contribution >= 4 is 39.8 Å². The van der Waals surface area contributed by atoms with Gasteiger partial charge in [-0.2, -0.15) is 0 Å². The summed E-state index contributed by atoms with van der Waals surface area (Å²) >= 11 is 4.34. The quantitative estimate of drug-likeness (QED) is 0.781. The second-order valence-electron chi connectivity index (χ2n) is 5.67. The number of amides is 1. The second-order valence-corrected chi connectivity index (χ2v) is 8.70. The minimum Gasteiger partial charge on any atom is -0.343 e. The molecule has 0 bridgehead atoms. The van der Waals surface area contributed by atoms with Crippen molar-refractivity contribution in [1.29, 1.82) is 0 Å². The summed E-state index contributed by atoms with van der Waals surface area (Å²) in [6.07, 6.45) is 6.71. The summed E-state index contributed by atoms with van der Waals surface area (Å²) in [5.41, 5.74) is 1.49. The molecule has 1 saturated heterocycles. The monoisotopic (exact) mass is 404 g/mol. The Morgan fingerprint density at radius 1 is 1.40 bits per heavy atom. The molecule has 0 radical (unpaired) electrons. The fourth-order valence-electron chi connectivity index (χ4n) is 3.21. The van der Waals surface area contributed by atoms with Crippen molar-refractivity contribution in [3.8, 4) is 0 Å². The number of thiophene rings is 1. The molecule has 20 heavy (non-hydrogen) atoms. The zero-order valence-corrected chi connectivity index (χ0v) is 14.6. The number of hydrogen-bond acceptors (Lipinski definition) is 3. The molecule has 1 fully saturated rings. The summed E-state index contributed by atoms with van der Waals surface area (Å²) in [7, 11) is 0. The Labute approximate surface area is 138 Å². The largest absolute Gasteiger partial charge is 0.343 e. The third kappa shape index (κ3) is 3.36. The smallest absolute Gasteiger partial charge is 0.223 e. The number of hydrogen-bond donors (Lipinski definition) is 1. The maximum absolute atomic E-state index is 12.0. The summed E-state index contributed by atoms with van der Waals surface area (Å²) < 4.78 is 1.38. The molecule has 0 saturated carbocycles. The molecule has 1 aromatic heterocycles. The lowest BCUT2D eigenvalue weighted by molar-refractivity contribution is -0.130. The first-order valence-electron chi connectivity index (χ1n) is 7.53. The number of aryl methyl sites for hydroxylation is 1. The standard InChI is InChI=1S/C15H21IN2OS/c16-14-10-11-12(4-3-5-13(11)20-14)17-7-6-15(19)18-8-1-2-9-18/h10,12,17H,1-9H2. The van der Waals surface area contributed by atoms with Crippen LogP contribution in [0.25, 0.3) is 0 Å². The van der Waals surface area contributed by atoms with Gasteiger partial charge >= 0.3 is 0 Å². The van der Waals surface area contributed by atoms with Crippen LogP contribution in [-0.2, 0) is 11.2 Å². The average Bonchev–Trinajstić information content (AvgIpc) is 3.06. The van der Waals surface area contributed by atoms with Crippen molar-refractivity contribution in [3.05, 3.63) is 19.4 Å². The lowest BCUT2D eigenvalue weighted by Crippen LogP contribution is -2.32. The number of nitrogens with zero attached hydrogens (tertiary/aromatic N) is 1.